The lowest BCUT2D eigenvalue weighted by molar-refractivity contribution is -0.114. The standard InChI is InChI=1S/C20H26N2O3/c1-4-24-19-7-5-6-8-20(19)25-14-13-22(3)15-17-9-11-18(12-10-17)21-16(2)23/h5-12H,4,13-15H2,1-3H3,(H,21,23). The number of ether oxygens (including phenoxy) is 2. The number of benzene rings is 2. The van der Waals surface area contributed by atoms with Crippen LogP contribution >= 0.6 is 0 Å². The highest BCUT2D eigenvalue weighted by Gasteiger charge is 2.05. The molecule has 134 valence electrons. The highest BCUT2D eigenvalue weighted by Crippen LogP contribution is 2.26. The molecule has 1 N–H and O–H groups in total. The minimum atomic E-state index is -0.0608. The van der Waals surface area contributed by atoms with Crippen LogP contribution in [-0.4, -0.2) is 37.6 Å². The van der Waals surface area contributed by atoms with Gasteiger partial charge in [-0.1, -0.05) is 24.3 Å². The Bertz CT molecular complexity index is 671. The maximum atomic E-state index is 11.0. The molecule has 2 aromatic carbocycles. The molecule has 0 aliphatic rings. The van der Waals surface area contributed by atoms with E-state index >= 15 is 0 Å². The molecule has 0 aromatic heterocycles. The zero-order chi connectivity index (χ0) is 18.1. The Kier molecular flexibility index (Phi) is 7.29. The molecule has 0 unspecified atom stereocenters. The summed E-state index contributed by atoms with van der Waals surface area (Å²) >= 11 is 0. The second-order valence-electron chi connectivity index (χ2n) is 5.84. The van der Waals surface area contributed by atoms with Gasteiger partial charge in [-0.15, -0.1) is 0 Å². The van der Waals surface area contributed by atoms with Crippen LogP contribution < -0.4 is 14.8 Å². The Hall–Kier alpha value is -2.53. The van der Waals surface area contributed by atoms with Gasteiger partial charge >= 0.3 is 0 Å². The number of para-hydroxylation sites is 2. The van der Waals surface area contributed by atoms with Crippen LogP contribution in [0.3, 0.4) is 0 Å². The summed E-state index contributed by atoms with van der Waals surface area (Å²) in [5, 5.41) is 2.77. The molecule has 0 saturated heterocycles. The van der Waals surface area contributed by atoms with Crippen molar-refractivity contribution in [1.82, 2.24) is 4.90 Å². The van der Waals surface area contributed by atoms with Gasteiger partial charge in [0.15, 0.2) is 11.5 Å². The Balaban J connectivity index is 1.79. The van der Waals surface area contributed by atoms with Gasteiger partial charge in [0, 0.05) is 25.7 Å². The molecule has 0 spiro atoms. The van der Waals surface area contributed by atoms with Crippen LogP contribution in [-0.2, 0) is 11.3 Å². The van der Waals surface area contributed by atoms with E-state index in [9.17, 15) is 4.79 Å². The second kappa shape index (κ2) is 9.69. The van der Waals surface area contributed by atoms with Crippen LogP contribution in [0.2, 0.25) is 0 Å². The number of nitrogens with zero attached hydrogens (tertiary/aromatic N) is 1. The lowest BCUT2D eigenvalue weighted by Gasteiger charge is -2.18. The van der Waals surface area contributed by atoms with Crippen LogP contribution in [0.4, 0.5) is 5.69 Å². The van der Waals surface area contributed by atoms with Crippen molar-refractivity contribution in [3.05, 3.63) is 54.1 Å². The Morgan fingerprint density at radius 2 is 1.68 bits per heavy atom. The van der Waals surface area contributed by atoms with Crippen LogP contribution in [0.15, 0.2) is 48.5 Å². The van der Waals surface area contributed by atoms with Crippen LogP contribution in [0.25, 0.3) is 0 Å². The molecule has 0 aliphatic heterocycles. The zero-order valence-electron chi connectivity index (χ0n) is 15.1. The third-order valence-electron chi connectivity index (χ3n) is 3.61. The van der Waals surface area contributed by atoms with Crippen LogP contribution in [0.5, 0.6) is 11.5 Å². The minimum Gasteiger partial charge on any atom is -0.490 e. The van der Waals surface area contributed by atoms with Gasteiger partial charge in [0.1, 0.15) is 6.61 Å². The van der Waals surface area contributed by atoms with E-state index in [2.05, 4.69) is 17.3 Å². The number of hydrogen-bond donors (Lipinski definition) is 1. The fraction of sp³-hybridized carbons (Fsp3) is 0.350. The topological polar surface area (TPSA) is 50.8 Å². The third-order valence-corrected chi connectivity index (χ3v) is 3.61. The average molecular weight is 342 g/mol. The van der Waals surface area contributed by atoms with Crippen molar-refractivity contribution in [2.45, 2.75) is 20.4 Å². The number of carbonyl (C=O) groups excluding carboxylic acids is 1. The summed E-state index contributed by atoms with van der Waals surface area (Å²) in [4.78, 5) is 13.2. The van der Waals surface area contributed by atoms with Gasteiger partial charge in [-0.05, 0) is 43.8 Å². The first kappa shape index (κ1) is 18.8. The van der Waals surface area contributed by atoms with E-state index in [0.717, 1.165) is 30.3 Å². The maximum Gasteiger partial charge on any atom is 0.221 e. The molecule has 0 saturated carbocycles. The molecule has 0 radical (unpaired) electrons. The molecule has 0 fully saturated rings. The van der Waals surface area contributed by atoms with Crippen molar-refractivity contribution >= 4 is 11.6 Å². The lowest BCUT2D eigenvalue weighted by atomic mass is 10.2. The Morgan fingerprint density at radius 3 is 2.28 bits per heavy atom. The number of rotatable bonds is 9. The fourth-order valence-corrected chi connectivity index (χ4v) is 2.44. The van der Waals surface area contributed by atoms with Crippen molar-refractivity contribution in [2.75, 3.05) is 32.1 Å². The summed E-state index contributed by atoms with van der Waals surface area (Å²) in [6, 6.07) is 15.6. The van der Waals surface area contributed by atoms with Crippen molar-refractivity contribution in [3.8, 4) is 11.5 Å². The Labute approximate surface area is 149 Å². The largest absolute Gasteiger partial charge is 0.490 e. The van der Waals surface area contributed by atoms with E-state index in [1.807, 2.05) is 55.5 Å². The SMILES string of the molecule is CCOc1ccccc1OCCN(C)Cc1ccc(NC(C)=O)cc1. The van der Waals surface area contributed by atoms with E-state index in [4.69, 9.17) is 9.47 Å². The molecular formula is C20H26N2O3. The van der Waals surface area contributed by atoms with Crippen molar-refractivity contribution in [3.63, 3.8) is 0 Å². The number of likely N-dealkylation sites (N-methyl/N-ethyl adjacent to an activating group) is 1. The fourth-order valence-electron chi connectivity index (χ4n) is 2.44. The number of amides is 1. The van der Waals surface area contributed by atoms with Crippen LogP contribution in [0, 0.1) is 0 Å². The highest BCUT2D eigenvalue weighted by molar-refractivity contribution is 5.88. The van der Waals surface area contributed by atoms with Gasteiger partial charge in [0.05, 0.1) is 6.61 Å². The summed E-state index contributed by atoms with van der Waals surface area (Å²) in [6.45, 7) is 6.29. The monoisotopic (exact) mass is 342 g/mol. The number of anilines is 1. The summed E-state index contributed by atoms with van der Waals surface area (Å²) in [5.41, 5.74) is 2.00. The summed E-state index contributed by atoms with van der Waals surface area (Å²) in [7, 11) is 2.06. The van der Waals surface area contributed by atoms with E-state index in [1.165, 1.54) is 12.5 Å². The molecule has 5 nitrogen and oxygen atoms in total. The number of hydrogen-bond acceptors (Lipinski definition) is 4. The Morgan fingerprint density at radius 1 is 1.04 bits per heavy atom. The molecule has 0 atom stereocenters. The van der Waals surface area contributed by atoms with Crippen molar-refractivity contribution in [2.24, 2.45) is 0 Å². The van der Waals surface area contributed by atoms with Crippen molar-refractivity contribution in [1.29, 1.82) is 0 Å². The van der Waals surface area contributed by atoms with E-state index in [0.29, 0.717) is 13.2 Å². The normalized spacial score (nSPS) is 10.6. The maximum absolute atomic E-state index is 11.0. The average Bonchev–Trinajstić information content (AvgIpc) is 2.58. The molecule has 1 amide bonds. The molecule has 2 aromatic rings. The van der Waals surface area contributed by atoms with Gasteiger partial charge in [-0.3, -0.25) is 9.69 Å². The number of nitrogens with one attached hydrogen (secondary N) is 1. The molecule has 0 heterocycles. The predicted molar refractivity (Wildman–Crippen MR) is 100 cm³/mol. The van der Waals surface area contributed by atoms with E-state index < -0.39 is 0 Å². The molecule has 25 heavy (non-hydrogen) atoms. The summed E-state index contributed by atoms with van der Waals surface area (Å²) < 4.78 is 11.4. The first-order valence-electron chi connectivity index (χ1n) is 8.48. The van der Waals surface area contributed by atoms with Crippen molar-refractivity contribution < 1.29 is 14.3 Å². The van der Waals surface area contributed by atoms with E-state index in [-0.39, 0.29) is 5.91 Å². The van der Waals surface area contributed by atoms with Gasteiger partial charge in [-0.25, -0.2) is 0 Å². The van der Waals surface area contributed by atoms with Gasteiger partial charge < -0.3 is 14.8 Å². The lowest BCUT2D eigenvalue weighted by Crippen LogP contribution is -2.24. The summed E-state index contributed by atoms with van der Waals surface area (Å²) in [5.74, 6) is 1.49. The molecule has 0 bridgehead atoms. The molecular weight excluding hydrogens is 316 g/mol. The highest BCUT2D eigenvalue weighted by atomic mass is 16.5. The minimum absolute atomic E-state index is 0.0608. The third kappa shape index (κ3) is 6.47. The first-order chi connectivity index (χ1) is 12.1. The number of carbonyl (C=O) groups is 1. The van der Waals surface area contributed by atoms with Gasteiger partial charge in [0.2, 0.25) is 5.91 Å². The second-order valence-corrected chi connectivity index (χ2v) is 5.84. The van der Waals surface area contributed by atoms with Gasteiger partial charge in [0.25, 0.3) is 0 Å². The molecule has 0 aliphatic carbocycles. The van der Waals surface area contributed by atoms with E-state index in [1.54, 1.807) is 0 Å². The predicted octanol–water partition coefficient (Wildman–Crippen LogP) is 3.55. The quantitative estimate of drug-likeness (QED) is 0.757. The summed E-state index contributed by atoms with van der Waals surface area (Å²) in [6.07, 6.45) is 0. The van der Waals surface area contributed by atoms with Crippen LogP contribution in [0.1, 0.15) is 19.4 Å². The molecule has 5 heteroatoms. The first-order valence-corrected chi connectivity index (χ1v) is 8.48. The zero-order valence-corrected chi connectivity index (χ0v) is 15.1. The molecule has 2 rings (SSSR count). The smallest absolute Gasteiger partial charge is 0.221 e. The van der Waals surface area contributed by atoms with Gasteiger partial charge in [-0.2, -0.15) is 0 Å².